The molecule has 0 aliphatic carbocycles. The molecule has 0 radical (unpaired) electrons. The minimum absolute atomic E-state index is 0.0913. The number of hydrogen-bond donors (Lipinski definition) is 8. The monoisotopic (exact) mass is 870 g/mol. The number of hydrogen-bond acceptors (Lipinski definition) is 12. The average molecular weight is 872 g/mol. The summed E-state index contributed by atoms with van der Waals surface area (Å²) in [6.45, 7) is 10.5. The number of halogens is 2. The van der Waals surface area contributed by atoms with Crippen molar-refractivity contribution < 1.29 is 0 Å². The van der Waals surface area contributed by atoms with Crippen molar-refractivity contribution in [3.8, 4) is 0 Å². The van der Waals surface area contributed by atoms with E-state index in [9.17, 15) is 9.59 Å². The van der Waals surface area contributed by atoms with Crippen molar-refractivity contribution in [2.24, 2.45) is 5.92 Å². The fourth-order valence-corrected chi connectivity index (χ4v) is 9.15. The summed E-state index contributed by atoms with van der Waals surface area (Å²) in [5, 5.41) is 39.2. The predicted molar refractivity (Wildman–Crippen MR) is 243 cm³/mol. The van der Waals surface area contributed by atoms with E-state index in [0.717, 1.165) is 88.9 Å². The number of nitrogens with one attached hydrogen (secondary N) is 8. The molecule has 0 spiro atoms. The maximum absolute atomic E-state index is 13.4. The van der Waals surface area contributed by atoms with Gasteiger partial charge in [0.05, 0.1) is 22.4 Å². The SMILES string of the molecule is Cc1cnc(NCCC2CCNC(c3cc4n[nH]c(CNCCn5c(C)cnc(NCCC6CCCN6)c5=O)c4cc3Cl)C2)c(=O)n1CCNCc1[nH]nc2ccc(Cl)cc12. The van der Waals surface area contributed by atoms with E-state index >= 15 is 0 Å². The third kappa shape index (κ3) is 10.3. The lowest BCUT2D eigenvalue weighted by Crippen LogP contribution is -2.33. The number of H-pyrrole nitrogens is 2. The lowest BCUT2D eigenvalue weighted by molar-refractivity contribution is 0.296. The first-order valence-corrected chi connectivity index (χ1v) is 22.2. The second-order valence-electron chi connectivity index (χ2n) is 16.3. The van der Waals surface area contributed by atoms with Crippen LogP contribution in [0.4, 0.5) is 11.6 Å². The topological polar surface area (TPSA) is 199 Å². The van der Waals surface area contributed by atoms with Gasteiger partial charge in [-0.3, -0.25) is 19.8 Å². The highest BCUT2D eigenvalue weighted by atomic mass is 35.5. The maximum atomic E-state index is 13.4. The molecule has 324 valence electrons. The molecule has 2 saturated heterocycles. The van der Waals surface area contributed by atoms with Crippen LogP contribution in [-0.2, 0) is 26.2 Å². The van der Waals surface area contributed by atoms with Gasteiger partial charge in [-0.1, -0.05) is 23.2 Å². The molecule has 0 bridgehead atoms. The molecular weight excluding hydrogens is 815 g/mol. The first-order chi connectivity index (χ1) is 29.7. The standard InChI is InChI=1S/C43H56Cl2N14O2/c1-26-22-52-40(42(60)58(26)16-14-46-24-38-32-19-29(44)5-6-35(32)54-56-38)50-12-8-28-7-11-49-36(18-28)31-21-37-33(20-34(31)45)39(57-55-37)25-47-15-17-59-27(2)23-53-41(43(59)61)51-13-9-30-4-3-10-48-30/h5-6,19-23,28,30,36,46-49H,3-4,7-18,24-25H2,1-2H3,(H,50,52)(H,51,53)(H,54,56)(H,55,57). The van der Waals surface area contributed by atoms with E-state index in [1.807, 2.05) is 38.1 Å². The van der Waals surface area contributed by atoms with Crippen LogP contribution >= 0.6 is 23.2 Å². The number of aromatic nitrogens is 8. The van der Waals surface area contributed by atoms with Crippen molar-refractivity contribution in [3.05, 3.63) is 102 Å². The number of aryl methyl sites for hydroxylation is 2. The summed E-state index contributed by atoms with van der Waals surface area (Å²) in [5.41, 5.74) is 6.08. The highest BCUT2D eigenvalue weighted by Crippen LogP contribution is 2.35. The second-order valence-corrected chi connectivity index (χ2v) is 17.2. The van der Waals surface area contributed by atoms with Crippen LogP contribution in [-0.4, -0.2) is 84.8 Å². The zero-order valence-electron chi connectivity index (χ0n) is 34.8. The minimum Gasteiger partial charge on any atom is -0.365 e. The predicted octanol–water partition coefficient (Wildman–Crippen LogP) is 5.15. The van der Waals surface area contributed by atoms with Gasteiger partial charge in [0.25, 0.3) is 11.1 Å². The van der Waals surface area contributed by atoms with Gasteiger partial charge in [0.1, 0.15) is 0 Å². The number of aromatic amines is 2. The second kappa shape index (κ2) is 19.9. The quantitative estimate of drug-likeness (QED) is 0.0499. The number of piperidine rings is 1. The van der Waals surface area contributed by atoms with Crippen LogP contribution in [0.5, 0.6) is 0 Å². The summed E-state index contributed by atoms with van der Waals surface area (Å²) in [6.07, 6.45) is 9.72. The zero-order valence-corrected chi connectivity index (χ0v) is 36.4. The fourth-order valence-electron chi connectivity index (χ4n) is 8.68. The first-order valence-electron chi connectivity index (χ1n) is 21.5. The Kier molecular flexibility index (Phi) is 14.0. The Morgan fingerprint density at radius 3 is 2.03 bits per heavy atom. The molecule has 61 heavy (non-hydrogen) atoms. The summed E-state index contributed by atoms with van der Waals surface area (Å²) in [4.78, 5) is 35.5. The molecule has 8 rings (SSSR count). The van der Waals surface area contributed by atoms with Crippen molar-refractivity contribution in [2.75, 3.05) is 49.9 Å². The summed E-state index contributed by atoms with van der Waals surface area (Å²) < 4.78 is 3.53. The maximum Gasteiger partial charge on any atom is 0.293 e. The van der Waals surface area contributed by atoms with Crippen molar-refractivity contribution in [3.63, 3.8) is 0 Å². The number of rotatable bonds is 19. The Balaban J connectivity index is 0.802. The Labute approximate surface area is 364 Å². The molecule has 18 heteroatoms. The van der Waals surface area contributed by atoms with Crippen LogP contribution < -0.4 is 43.0 Å². The number of anilines is 2. The van der Waals surface area contributed by atoms with E-state index in [2.05, 4.69) is 68.3 Å². The molecule has 6 heterocycles. The molecule has 2 aromatic carbocycles. The molecule has 8 N–H and O–H groups in total. The van der Waals surface area contributed by atoms with Gasteiger partial charge in [-0.05, 0) is 107 Å². The lowest BCUT2D eigenvalue weighted by atomic mass is 9.86. The Morgan fingerprint density at radius 1 is 0.738 bits per heavy atom. The van der Waals surface area contributed by atoms with Crippen LogP contribution in [0.15, 0.2) is 52.3 Å². The summed E-state index contributed by atoms with van der Waals surface area (Å²) in [5.74, 6) is 1.21. The average Bonchev–Trinajstić information content (AvgIpc) is 4.02. The zero-order chi connectivity index (χ0) is 42.3. The molecule has 3 unspecified atom stereocenters. The van der Waals surface area contributed by atoms with E-state index in [1.54, 1.807) is 21.5 Å². The van der Waals surface area contributed by atoms with Crippen LogP contribution in [0.1, 0.15) is 72.9 Å². The van der Waals surface area contributed by atoms with Crippen LogP contribution in [0.2, 0.25) is 10.0 Å². The van der Waals surface area contributed by atoms with Crippen molar-refractivity contribution in [1.29, 1.82) is 0 Å². The van der Waals surface area contributed by atoms with E-state index in [0.29, 0.717) is 86.0 Å². The molecule has 2 aliphatic heterocycles. The van der Waals surface area contributed by atoms with Gasteiger partial charge in [0, 0.05) is 109 Å². The normalized spacial score (nSPS) is 18.1. The van der Waals surface area contributed by atoms with Crippen molar-refractivity contribution >= 4 is 56.6 Å². The fraction of sp³-hybridized carbons (Fsp3) is 0.488. The van der Waals surface area contributed by atoms with Crippen molar-refractivity contribution in [1.82, 2.24) is 60.8 Å². The first kappa shape index (κ1) is 42.8. The van der Waals surface area contributed by atoms with E-state index in [-0.39, 0.29) is 17.2 Å². The Morgan fingerprint density at radius 2 is 1.38 bits per heavy atom. The molecule has 0 amide bonds. The van der Waals surface area contributed by atoms with E-state index in [4.69, 9.17) is 23.2 Å². The largest absolute Gasteiger partial charge is 0.365 e. The Hall–Kier alpha value is -4.84. The van der Waals surface area contributed by atoms with E-state index in [1.165, 1.54) is 12.8 Å². The van der Waals surface area contributed by atoms with Gasteiger partial charge < -0.3 is 41.0 Å². The van der Waals surface area contributed by atoms with Crippen LogP contribution in [0, 0.1) is 19.8 Å². The number of benzene rings is 2. The van der Waals surface area contributed by atoms with Gasteiger partial charge in [-0.25, -0.2) is 9.97 Å². The van der Waals surface area contributed by atoms with Crippen LogP contribution in [0.25, 0.3) is 21.8 Å². The molecule has 0 saturated carbocycles. The van der Waals surface area contributed by atoms with E-state index < -0.39 is 0 Å². The molecule has 3 atom stereocenters. The molecule has 2 aliphatic rings. The van der Waals surface area contributed by atoms with Crippen molar-refractivity contribution in [2.45, 2.75) is 90.6 Å². The third-order valence-electron chi connectivity index (χ3n) is 12.2. The molecular formula is C43H56Cl2N14O2. The smallest absolute Gasteiger partial charge is 0.293 e. The van der Waals surface area contributed by atoms with Gasteiger partial charge >= 0.3 is 0 Å². The lowest BCUT2D eigenvalue weighted by Gasteiger charge is -2.31. The van der Waals surface area contributed by atoms with Gasteiger partial charge in [-0.2, -0.15) is 10.2 Å². The van der Waals surface area contributed by atoms with Gasteiger partial charge in [0.2, 0.25) is 0 Å². The third-order valence-corrected chi connectivity index (χ3v) is 12.7. The summed E-state index contributed by atoms with van der Waals surface area (Å²) >= 11 is 13.2. The van der Waals surface area contributed by atoms with Crippen LogP contribution in [0.3, 0.4) is 0 Å². The number of nitrogens with zero attached hydrogens (tertiary/aromatic N) is 6. The summed E-state index contributed by atoms with van der Waals surface area (Å²) in [6, 6.07) is 10.3. The molecule has 2 fully saturated rings. The van der Waals surface area contributed by atoms with Gasteiger partial charge in [0.15, 0.2) is 11.6 Å². The highest BCUT2D eigenvalue weighted by molar-refractivity contribution is 6.32. The molecule has 6 aromatic rings. The summed E-state index contributed by atoms with van der Waals surface area (Å²) in [7, 11) is 0. The molecule has 4 aromatic heterocycles. The minimum atomic E-state index is -0.124. The number of fused-ring (bicyclic) bond motifs is 2. The highest BCUT2D eigenvalue weighted by Gasteiger charge is 2.25. The van der Waals surface area contributed by atoms with Gasteiger partial charge in [-0.15, -0.1) is 0 Å². The Bertz CT molecular complexity index is 2560. The molecule has 16 nitrogen and oxygen atoms in total.